The smallest absolute Gasteiger partial charge is 0.266 e. The van der Waals surface area contributed by atoms with Gasteiger partial charge in [-0.05, 0) is 55.2 Å². The standard InChI is InChI=1S/C24H27N3O3S/c1-16-7-3-5-9-20(16)25-22(28)15-31-24-26-21-10-6-4-8-19(21)23(29)27(24)17-11-13-18(30-2)14-12-17/h4,6,8,10-14,16,20H,3,5,7,9,15H2,1-2H3,(H,25,28)/t16-,20-/m0/s1. The van der Waals surface area contributed by atoms with Crippen LogP contribution in [0.1, 0.15) is 32.6 Å². The van der Waals surface area contributed by atoms with Crippen LogP contribution in [0.5, 0.6) is 5.75 Å². The summed E-state index contributed by atoms with van der Waals surface area (Å²) in [5.41, 5.74) is 1.16. The van der Waals surface area contributed by atoms with Crippen LogP contribution in [0.3, 0.4) is 0 Å². The minimum Gasteiger partial charge on any atom is -0.497 e. The maximum Gasteiger partial charge on any atom is 0.266 e. The fourth-order valence-electron chi connectivity index (χ4n) is 4.08. The van der Waals surface area contributed by atoms with E-state index < -0.39 is 0 Å². The Balaban J connectivity index is 1.62. The van der Waals surface area contributed by atoms with Gasteiger partial charge in [0.05, 0.1) is 29.5 Å². The molecule has 2 atom stereocenters. The van der Waals surface area contributed by atoms with Crippen LogP contribution >= 0.6 is 11.8 Å². The Kier molecular flexibility index (Phi) is 6.61. The second-order valence-corrected chi connectivity index (χ2v) is 8.92. The molecule has 3 aromatic rings. The Morgan fingerprint density at radius 3 is 2.65 bits per heavy atom. The molecule has 1 saturated carbocycles. The molecule has 162 valence electrons. The highest BCUT2D eigenvalue weighted by atomic mass is 32.2. The third-order valence-corrected chi connectivity index (χ3v) is 6.80. The first-order valence-electron chi connectivity index (χ1n) is 10.6. The van der Waals surface area contributed by atoms with E-state index in [1.807, 2.05) is 42.5 Å². The van der Waals surface area contributed by atoms with Gasteiger partial charge in [-0.15, -0.1) is 0 Å². The van der Waals surface area contributed by atoms with Crippen LogP contribution in [0.2, 0.25) is 0 Å². The number of hydrogen-bond donors (Lipinski definition) is 1. The molecule has 1 heterocycles. The lowest BCUT2D eigenvalue weighted by molar-refractivity contribution is -0.119. The Labute approximate surface area is 186 Å². The summed E-state index contributed by atoms with van der Waals surface area (Å²) in [5, 5.41) is 4.22. The summed E-state index contributed by atoms with van der Waals surface area (Å²) in [5.74, 6) is 1.40. The molecule has 7 heteroatoms. The molecule has 0 saturated heterocycles. The number of methoxy groups -OCH3 is 1. The van der Waals surface area contributed by atoms with Crippen LogP contribution in [0.4, 0.5) is 0 Å². The largest absolute Gasteiger partial charge is 0.497 e. The van der Waals surface area contributed by atoms with Gasteiger partial charge in [-0.2, -0.15) is 0 Å². The fourth-order valence-corrected chi connectivity index (χ4v) is 4.90. The van der Waals surface area contributed by atoms with E-state index in [0.29, 0.717) is 33.4 Å². The predicted octanol–water partition coefficient (Wildman–Crippen LogP) is 4.18. The van der Waals surface area contributed by atoms with Gasteiger partial charge in [0.15, 0.2) is 5.16 Å². The van der Waals surface area contributed by atoms with Crippen molar-refractivity contribution in [2.24, 2.45) is 5.92 Å². The summed E-state index contributed by atoms with van der Waals surface area (Å²) in [7, 11) is 1.60. The highest BCUT2D eigenvalue weighted by molar-refractivity contribution is 7.99. The van der Waals surface area contributed by atoms with Crippen molar-refractivity contribution in [3.8, 4) is 11.4 Å². The summed E-state index contributed by atoms with van der Waals surface area (Å²) in [4.78, 5) is 30.6. The normalized spacial score (nSPS) is 18.6. The number of carbonyl (C=O) groups excluding carboxylic acids is 1. The molecule has 31 heavy (non-hydrogen) atoms. The molecular formula is C24H27N3O3S. The molecule has 0 bridgehead atoms. The number of benzene rings is 2. The van der Waals surface area contributed by atoms with Crippen molar-refractivity contribution in [3.05, 3.63) is 58.9 Å². The molecule has 6 nitrogen and oxygen atoms in total. The SMILES string of the molecule is COc1ccc(-n2c(SCC(=O)N[C@H]3CCCC[C@@H]3C)nc3ccccc3c2=O)cc1. The molecule has 1 aromatic heterocycles. The summed E-state index contributed by atoms with van der Waals surface area (Å²) in [6, 6.07) is 14.8. The molecule has 4 rings (SSSR count). The summed E-state index contributed by atoms with van der Waals surface area (Å²) >= 11 is 1.29. The number of amides is 1. The second-order valence-electron chi connectivity index (χ2n) is 7.97. The third-order valence-electron chi connectivity index (χ3n) is 5.87. The van der Waals surface area contributed by atoms with Crippen LogP contribution < -0.4 is 15.6 Å². The number of para-hydroxylation sites is 1. The molecule has 2 aromatic carbocycles. The van der Waals surface area contributed by atoms with Crippen LogP contribution in [-0.2, 0) is 4.79 Å². The van der Waals surface area contributed by atoms with Gasteiger partial charge in [0.2, 0.25) is 5.91 Å². The van der Waals surface area contributed by atoms with Gasteiger partial charge >= 0.3 is 0 Å². The first-order chi connectivity index (χ1) is 15.1. The number of hydrogen-bond acceptors (Lipinski definition) is 5. The quantitative estimate of drug-likeness (QED) is 0.463. The van der Waals surface area contributed by atoms with E-state index in [-0.39, 0.29) is 23.3 Å². The predicted molar refractivity (Wildman–Crippen MR) is 124 cm³/mol. The average Bonchev–Trinajstić information content (AvgIpc) is 2.79. The number of nitrogens with one attached hydrogen (secondary N) is 1. The maximum atomic E-state index is 13.3. The minimum atomic E-state index is -0.153. The zero-order chi connectivity index (χ0) is 21.8. The van der Waals surface area contributed by atoms with E-state index in [4.69, 9.17) is 9.72 Å². The zero-order valence-corrected chi connectivity index (χ0v) is 18.7. The third kappa shape index (κ3) is 4.77. The van der Waals surface area contributed by atoms with E-state index >= 15 is 0 Å². The van der Waals surface area contributed by atoms with Gasteiger partial charge in [0.25, 0.3) is 5.56 Å². The molecule has 1 aliphatic rings. The van der Waals surface area contributed by atoms with Gasteiger partial charge in [-0.25, -0.2) is 4.98 Å². The van der Waals surface area contributed by atoms with E-state index in [1.54, 1.807) is 17.7 Å². The zero-order valence-electron chi connectivity index (χ0n) is 17.8. The molecule has 1 amide bonds. The van der Waals surface area contributed by atoms with Gasteiger partial charge in [0, 0.05) is 6.04 Å². The number of carbonyl (C=O) groups is 1. The number of ether oxygens (including phenoxy) is 1. The summed E-state index contributed by atoms with van der Waals surface area (Å²) in [6.45, 7) is 2.20. The van der Waals surface area contributed by atoms with Crippen molar-refractivity contribution in [3.63, 3.8) is 0 Å². The maximum absolute atomic E-state index is 13.3. The van der Waals surface area contributed by atoms with Crippen LogP contribution in [0.25, 0.3) is 16.6 Å². The average molecular weight is 438 g/mol. The molecular weight excluding hydrogens is 410 g/mol. The highest BCUT2D eigenvalue weighted by Crippen LogP contribution is 2.25. The lowest BCUT2D eigenvalue weighted by Gasteiger charge is -2.29. The number of fused-ring (bicyclic) bond motifs is 1. The fraction of sp³-hybridized carbons (Fsp3) is 0.375. The Morgan fingerprint density at radius 2 is 1.90 bits per heavy atom. The van der Waals surface area contributed by atoms with Gasteiger partial charge in [-0.3, -0.25) is 14.2 Å². The molecule has 0 unspecified atom stereocenters. The van der Waals surface area contributed by atoms with E-state index in [9.17, 15) is 9.59 Å². The summed E-state index contributed by atoms with van der Waals surface area (Å²) in [6.07, 6.45) is 4.58. The molecule has 1 fully saturated rings. The van der Waals surface area contributed by atoms with E-state index in [1.165, 1.54) is 18.2 Å². The van der Waals surface area contributed by atoms with Crippen molar-refractivity contribution >= 4 is 28.6 Å². The van der Waals surface area contributed by atoms with Crippen LogP contribution in [-0.4, -0.2) is 34.4 Å². The van der Waals surface area contributed by atoms with E-state index in [0.717, 1.165) is 19.3 Å². The Morgan fingerprint density at radius 1 is 1.16 bits per heavy atom. The van der Waals surface area contributed by atoms with Gasteiger partial charge in [-0.1, -0.05) is 43.7 Å². The first kappa shape index (κ1) is 21.4. The van der Waals surface area contributed by atoms with Gasteiger partial charge in [0.1, 0.15) is 5.75 Å². The van der Waals surface area contributed by atoms with E-state index in [2.05, 4.69) is 12.2 Å². The number of nitrogens with zero attached hydrogens (tertiary/aromatic N) is 2. The first-order valence-corrected chi connectivity index (χ1v) is 11.6. The van der Waals surface area contributed by atoms with Crippen molar-refractivity contribution in [1.29, 1.82) is 0 Å². The number of rotatable bonds is 6. The van der Waals surface area contributed by atoms with Crippen molar-refractivity contribution in [2.45, 2.75) is 43.8 Å². The van der Waals surface area contributed by atoms with Gasteiger partial charge < -0.3 is 10.1 Å². The number of thioether (sulfide) groups is 1. The van der Waals surface area contributed by atoms with Crippen molar-refractivity contribution < 1.29 is 9.53 Å². The Hall–Kier alpha value is -2.80. The molecule has 0 spiro atoms. The monoisotopic (exact) mass is 437 g/mol. The molecule has 1 aliphatic carbocycles. The highest BCUT2D eigenvalue weighted by Gasteiger charge is 2.23. The van der Waals surface area contributed by atoms with Crippen molar-refractivity contribution in [2.75, 3.05) is 12.9 Å². The molecule has 0 aliphatic heterocycles. The molecule has 1 N–H and O–H groups in total. The van der Waals surface area contributed by atoms with Crippen LogP contribution in [0.15, 0.2) is 58.5 Å². The second kappa shape index (κ2) is 9.56. The molecule has 0 radical (unpaired) electrons. The van der Waals surface area contributed by atoms with Crippen molar-refractivity contribution in [1.82, 2.24) is 14.9 Å². The Bertz CT molecular complexity index is 1130. The lowest BCUT2D eigenvalue weighted by Crippen LogP contribution is -2.41. The minimum absolute atomic E-state index is 0.0209. The summed E-state index contributed by atoms with van der Waals surface area (Å²) < 4.78 is 6.81. The number of aromatic nitrogens is 2. The van der Waals surface area contributed by atoms with Crippen LogP contribution in [0, 0.1) is 5.92 Å². The topological polar surface area (TPSA) is 73.2 Å². The lowest BCUT2D eigenvalue weighted by atomic mass is 9.86.